The Morgan fingerprint density at radius 1 is 1.09 bits per heavy atom. The molecule has 1 aliphatic heterocycles. The number of anilines is 2. The van der Waals surface area contributed by atoms with Gasteiger partial charge in [0.05, 0.1) is 25.2 Å². The van der Waals surface area contributed by atoms with E-state index in [1.54, 1.807) is 17.0 Å². The first-order chi connectivity index (χ1) is 15.4. The second-order valence-electron chi connectivity index (χ2n) is 8.00. The molecule has 2 aromatic carbocycles. The molecule has 0 aromatic heterocycles. The summed E-state index contributed by atoms with van der Waals surface area (Å²) in [6.45, 7) is 0.628. The number of carbonyl (C=O) groups excluding carboxylic acids is 2. The number of carbonyl (C=O) groups is 2. The number of methoxy groups -OCH3 is 2. The molecule has 4 rings (SSSR count). The van der Waals surface area contributed by atoms with Crippen molar-refractivity contribution >= 4 is 28.9 Å². The van der Waals surface area contributed by atoms with Gasteiger partial charge < -0.3 is 19.7 Å². The molecule has 2 aliphatic rings. The molecule has 0 unspecified atom stereocenters. The van der Waals surface area contributed by atoms with E-state index in [2.05, 4.69) is 5.32 Å². The van der Waals surface area contributed by atoms with Gasteiger partial charge in [0.1, 0.15) is 5.56 Å². The van der Waals surface area contributed by atoms with Gasteiger partial charge in [0.2, 0.25) is 5.91 Å². The largest absolute Gasteiger partial charge is 0.493 e. The first-order valence-electron chi connectivity index (χ1n) is 10.6. The molecule has 168 valence electrons. The van der Waals surface area contributed by atoms with Crippen molar-refractivity contribution in [2.75, 3.05) is 31.0 Å². The Bertz CT molecular complexity index is 1080. The first kappa shape index (κ1) is 21.6. The number of nitro benzene ring substituents is 1. The maximum absolute atomic E-state index is 13.0. The number of hydrogen-bond acceptors (Lipinski definition) is 6. The minimum atomic E-state index is -0.649. The van der Waals surface area contributed by atoms with Gasteiger partial charge >= 0.3 is 0 Å². The Morgan fingerprint density at radius 2 is 1.78 bits per heavy atom. The second kappa shape index (κ2) is 8.86. The van der Waals surface area contributed by atoms with Gasteiger partial charge in [0.25, 0.3) is 11.6 Å². The van der Waals surface area contributed by atoms with Crippen LogP contribution in [0.2, 0.25) is 0 Å². The minimum absolute atomic E-state index is 0.0635. The highest BCUT2D eigenvalue weighted by molar-refractivity contribution is 6.08. The zero-order valence-corrected chi connectivity index (χ0v) is 18.1. The molecular formula is C23H25N3O6. The van der Waals surface area contributed by atoms with Gasteiger partial charge in [0, 0.05) is 29.9 Å². The summed E-state index contributed by atoms with van der Waals surface area (Å²) in [6, 6.07) is 7.84. The molecule has 0 bridgehead atoms. The van der Waals surface area contributed by atoms with Crippen LogP contribution in [0.3, 0.4) is 0 Å². The number of ether oxygens (including phenoxy) is 2. The number of amides is 2. The van der Waals surface area contributed by atoms with E-state index in [-0.39, 0.29) is 34.6 Å². The molecule has 1 aliphatic carbocycles. The number of nitro groups is 1. The monoisotopic (exact) mass is 439 g/mol. The van der Waals surface area contributed by atoms with Crippen molar-refractivity contribution in [3.05, 3.63) is 51.6 Å². The Labute approximate surface area is 185 Å². The fraction of sp³-hybridized carbons (Fsp3) is 0.391. The number of benzene rings is 2. The number of nitrogens with one attached hydrogen (secondary N) is 1. The van der Waals surface area contributed by atoms with E-state index in [9.17, 15) is 19.7 Å². The van der Waals surface area contributed by atoms with Crippen molar-refractivity contribution in [1.29, 1.82) is 0 Å². The highest BCUT2D eigenvalue weighted by atomic mass is 16.6. The van der Waals surface area contributed by atoms with Crippen molar-refractivity contribution < 1.29 is 24.0 Å². The van der Waals surface area contributed by atoms with E-state index in [4.69, 9.17) is 9.47 Å². The van der Waals surface area contributed by atoms with Crippen molar-refractivity contribution in [1.82, 2.24) is 0 Å². The molecular weight excluding hydrogens is 414 g/mol. The third-order valence-corrected chi connectivity index (χ3v) is 6.15. The molecule has 9 heteroatoms. The average molecular weight is 439 g/mol. The summed E-state index contributed by atoms with van der Waals surface area (Å²) in [5.74, 6) is -0.0713. The van der Waals surface area contributed by atoms with E-state index >= 15 is 0 Å². The third kappa shape index (κ3) is 3.98. The van der Waals surface area contributed by atoms with Crippen LogP contribution >= 0.6 is 0 Å². The molecule has 2 aromatic rings. The van der Waals surface area contributed by atoms with Gasteiger partial charge in [-0.25, -0.2) is 0 Å². The summed E-state index contributed by atoms with van der Waals surface area (Å²) >= 11 is 0. The van der Waals surface area contributed by atoms with Crippen LogP contribution in [-0.2, 0) is 11.2 Å². The maximum atomic E-state index is 13.0. The van der Waals surface area contributed by atoms with E-state index in [1.807, 2.05) is 6.07 Å². The predicted molar refractivity (Wildman–Crippen MR) is 119 cm³/mol. The van der Waals surface area contributed by atoms with Crippen LogP contribution in [0, 0.1) is 16.0 Å². The smallest absolute Gasteiger partial charge is 0.286 e. The van der Waals surface area contributed by atoms with Gasteiger partial charge in [-0.05, 0) is 37.0 Å². The molecule has 0 radical (unpaired) electrons. The van der Waals surface area contributed by atoms with Crippen LogP contribution in [0.1, 0.15) is 41.6 Å². The fourth-order valence-corrected chi connectivity index (χ4v) is 4.48. The summed E-state index contributed by atoms with van der Waals surface area (Å²) in [5.41, 5.74) is 1.77. The zero-order valence-electron chi connectivity index (χ0n) is 18.1. The number of fused-ring (bicyclic) bond motifs is 1. The molecule has 0 spiro atoms. The molecule has 32 heavy (non-hydrogen) atoms. The van der Waals surface area contributed by atoms with Crippen LogP contribution in [0.5, 0.6) is 11.5 Å². The van der Waals surface area contributed by atoms with Gasteiger partial charge in [0.15, 0.2) is 11.5 Å². The Balaban J connectivity index is 1.60. The van der Waals surface area contributed by atoms with Crippen molar-refractivity contribution in [3.8, 4) is 11.5 Å². The number of nitrogens with zero attached hydrogens (tertiary/aromatic N) is 2. The summed E-state index contributed by atoms with van der Waals surface area (Å²) < 4.78 is 10.3. The van der Waals surface area contributed by atoms with Crippen molar-refractivity contribution in [3.63, 3.8) is 0 Å². The van der Waals surface area contributed by atoms with Crippen molar-refractivity contribution in [2.45, 2.75) is 32.1 Å². The van der Waals surface area contributed by atoms with Crippen LogP contribution in [0.25, 0.3) is 0 Å². The zero-order chi connectivity index (χ0) is 22.8. The Morgan fingerprint density at radius 3 is 2.44 bits per heavy atom. The quantitative estimate of drug-likeness (QED) is 0.539. The van der Waals surface area contributed by atoms with Crippen LogP contribution < -0.4 is 19.7 Å². The molecule has 1 fully saturated rings. The summed E-state index contributed by atoms with van der Waals surface area (Å²) in [6.07, 6.45) is 4.77. The number of rotatable bonds is 6. The topological polar surface area (TPSA) is 111 Å². The maximum Gasteiger partial charge on any atom is 0.286 e. The molecule has 1 heterocycles. The lowest BCUT2D eigenvalue weighted by Gasteiger charge is -2.21. The van der Waals surface area contributed by atoms with Gasteiger partial charge in [-0.1, -0.05) is 18.9 Å². The van der Waals surface area contributed by atoms with E-state index in [1.165, 1.54) is 26.4 Å². The third-order valence-electron chi connectivity index (χ3n) is 6.15. The lowest BCUT2D eigenvalue weighted by Crippen LogP contribution is -2.33. The second-order valence-corrected chi connectivity index (χ2v) is 8.00. The standard InChI is InChI=1S/C23H25N3O6/c1-31-20-12-17(19(26(29)30)13-21(20)32-2)22(27)24-16-8-7-14-9-10-25(18(14)11-16)23(28)15-5-3-4-6-15/h7-8,11-13,15H,3-6,9-10H2,1-2H3,(H,24,27). The van der Waals surface area contributed by atoms with E-state index in [0.717, 1.165) is 43.4 Å². The number of hydrogen-bond donors (Lipinski definition) is 1. The molecule has 1 saturated carbocycles. The summed E-state index contributed by atoms with van der Waals surface area (Å²) in [4.78, 5) is 38.6. The summed E-state index contributed by atoms with van der Waals surface area (Å²) in [5, 5.41) is 14.3. The van der Waals surface area contributed by atoms with Gasteiger partial charge in [-0.15, -0.1) is 0 Å². The van der Waals surface area contributed by atoms with Crippen LogP contribution in [0.15, 0.2) is 30.3 Å². The average Bonchev–Trinajstić information content (AvgIpc) is 3.47. The van der Waals surface area contributed by atoms with Gasteiger partial charge in [-0.3, -0.25) is 19.7 Å². The van der Waals surface area contributed by atoms with Crippen LogP contribution in [0.4, 0.5) is 17.1 Å². The Kier molecular flexibility index (Phi) is 5.98. The molecule has 2 amide bonds. The highest BCUT2D eigenvalue weighted by Crippen LogP contribution is 2.37. The van der Waals surface area contributed by atoms with Crippen LogP contribution in [-0.4, -0.2) is 37.5 Å². The highest BCUT2D eigenvalue weighted by Gasteiger charge is 2.32. The van der Waals surface area contributed by atoms with E-state index in [0.29, 0.717) is 12.2 Å². The normalized spacial score (nSPS) is 15.4. The SMILES string of the molecule is COc1cc(C(=O)Nc2ccc3c(c2)N(C(=O)C2CCCC2)CC3)c([N+](=O)[O-])cc1OC. The molecule has 0 saturated heterocycles. The minimum Gasteiger partial charge on any atom is -0.493 e. The molecule has 9 nitrogen and oxygen atoms in total. The lowest BCUT2D eigenvalue weighted by atomic mass is 10.1. The fourth-order valence-electron chi connectivity index (χ4n) is 4.48. The first-order valence-corrected chi connectivity index (χ1v) is 10.6. The van der Waals surface area contributed by atoms with Gasteiger partial charge in [-0.2, -0.15) is 0 Å². The van der Waals surface area contributed by atoms with E-state index < -0.39 is 10.8 Å². The predicted octanol–water partition coefficient (Wildman–Crippen LogP) is 3.94. The Hall–Kier alpha value is -3.62. The summed E-state index contributed by atoms with van der Waals surface area (Å²) in [7, 11) is 2.76. The van der Waals surface area contributed by atoms with Crippen molar-refractivity contribution in [2.24, 2.45) is 5.92 Å². The molecule has 1 N–H and O–H groups in total. The molecule has 0 atom stereocenters. The lowest BCUT2D eigenvalue weighted by molar-refractivity contribution is -0.385.